The van der Waals surface area contributed by atoms with Crippen molar-refractivity contribution >= 4 is 13.6 Å². The maximum Gasteiger partial charge on any atom is 0.267 e. The van der Waals surface area contributed by atoms with Gasteiger partial charge in [0.05, 0.1) is 47.5 Å². The molecule has 1 aromatic carbocycles. The van der Waals surface area contributed by atoms with Gasteiger partial charge in [0, 0.05) is 12.8 Å². The average Bonchev–Trinajstić information content (AvgIpc) is 2.94. The first-order valence-corrected chi connectivity index (χ1v) is 18.6. The van der Waals surface area contributed by atoms with Crippen molar-refractivity contribution in [3.63, 3.8) is 0 Å². The zero-order valence-electron chi connectivity index (χ0n) is 28.3. The minimum atomic E-state index is -4.42. The van der Waals surface area contributed by atoms with Crippen LogP contribution in [0.2, 0.25) is 0 Å². The van der Waals surface area contributed by atoms with E-state index in [0.717, 1.165) is 41.6 Å². The normalized spacial score (nSPS) is 14.0. The second kappa shape index (κ2) is 24.1. The van der Waals surface area contributed by atoms with Gasteiger partial charge in [0.15, 0.2) is 0 Å². The summed E-state index contributed by atoms with van der Waals surface area (Å²) < 4.78 is 29.4. The lowest BCUT2D eigenvalue weighted by molar-refractivity contribution is -0.870. The number of hydrogen-bond acceptors (Lipinski definition) is 6. The minimum absolute atomic E-state index is 0.0632. The van der Waals surface area contributed by atoms with E-state index in [4.69, 9.17) is 13.8 Å². The zero-order valence-corrected chi connectivity index (χ0v) is 29.2. The molecule has 8 heteroatoms. The first-order valence-electron chi connectivity index (χ1n) is 17.2. The molecule has 0 aliphatic heterocycles. The molecule has 7 nitrogen and oxygen atoms in total. The van der Waals surface area contributed by atoms with Crippen LogP contribution in [-0.2, 0) is 24.8 Å². The SMILES string of the molecule is CCCCCCCCCCCCCCOc1ccc(CC(COP(=O)([O-])OCCCC[N+](C)(C)C)CC(=O)CCC)cc1. The number of ether oxygens (including phenoxy) is 1. The summed E-state index contributed by atoms with van der Waals surface area (Å²) in [6, 6.07) is 7.91. The van der Waals surface area contributed by atoms with Gasteiger partial charge in [0.1, 0.15) is 11.5 Å². The molecule has 0 aliphatic rings. The summed E-state index contributed by atoms with van der Waals surface area (Å²) in [6.07, 6.45) is 19.5. The number of quaternary nitrogens is 1. The number of Topliss-reactive ketones (excluding diaryl/α,β-unsaturated/α-hetero) is 1. The van der Waals surface area contributed by atoms with Crippen LogP contribution in [0.1, 0.15) is 129 Å². The molecular weight excluding hydrogens is 561 g/mol. The van der Waals surface area contributed by atoms with Gasteiger partial charge in [-0.1, -0.05) is 96.6 Å². The van der Waals surface area contributed by atoms with Gasteiger partial charge in [-0.25, -0.2) is 0 Å². The van der Waals surface area contributed by atoms with Gasteiger partial charge < -0.3 is 23.2 Å². The second-order valence-electron chi connectivity index (χ2n) is 13.2. The number of benzene rings is 1. The maximum atomic E-state index is 12.4. The molecule has 0 heterocycles. The van der Waals surface area contributed by atoms with Crippen molar-refractivity contribution in [2.24, 2.45) is 5.92 Å². The van der Waals surface area contributed by atoms with E-state index < -0.39 is 7.82 Å². The van der Waals surface area contributed by atoms with E-state index in [9.17, 15) is 14.3 Å². The molecule has 0 fully saturated rings. The fourth-order valence-corrected chi connectivity index (χ4v) is 6.00. The number of carbonyl (C=O) groups is 1. The first-order chi connectivity index (χ1) is 20.5. The monoisotopic (exact) mass is 625 g/mol. The Kier molecular flexibility index (Phi) is 22.3. The van der Waals surface area contributed by atoms with Crippen molar-refractivity contribution in [3.05, 3.63) is 29.8 Å². The number of unbranched alkanes of at least 4 members (excludes halogenated alkanes) is 12. The summed E-state index contributed by atoms with van der Waals surface area (Å²) >= 11 is 0. The fourth-order valence-electron chi connectivity index (χ4n) is 5.18. The van der Waals surface area contributed by atoms with Crippen LogP contribution in [0, 0.1) is 5.92 Å². The van der Waals surface area contributed by atoms with Crippen LogP contribution >= 0.6 is 7.82 Å². The maximum absolute atomic E-state index is 12.4. The lowest BCUT2D eigenvalue weighted by atomic mass is 9.94. The van der Waals surface area contributed by atoms with E-state index >= 15 is 0 Å². The average molecular weight is 626 g/mol. The predicted octanol–water partition coefficient (Wildman–Crippen LogP) is 8.67. The molecule has 0 saturated heterocycles. The number of ketones is 1. The van der Waals surface area contributed by atoms with Crippen molar-refractivity contribution < 1.29 is 32.5 Å². The molecule has 2 atom stereocenters. The van der Waals surface area contributed by atoms with E-state index in [1.54, 1.807) is 0 Å². The number of phosphoric ester groups is 1. The number of rotatable bonds is 29. The standard InChI is InChI=1S/C35H64NO6P/c1-6-8-9-10-11-12-13-14-15-16-17-19-27-40-35-24-22-32(23-25-35)29-33(30-34(37)21-7-2)31-42-43(38,39)41-28-20-18-26-36(3,4)5/h22-25,33H,6-21,26-31H2,1-5H3. The topological polar surface area (TPSA) is 84.9 Å². The van der Waals surface area contributed by atoms with Gasteiger partial charge in [-0.2, -0.15) is 0 Å². The molecule has 0 saturated carbocycles. The summed E-state index contributed by atoms with van der Waals surface area (Å²) in [7, 11) is 1.88. The van der Waals surface area contributed by atoms with Crippen LogP contribution in [0.3, 0.4) is 0 Å². The van der Waals surface area contributed by atoms with Crippen LogP contribution in [0.15, 0.2) is 24.3 Å². The van der Waals surface area contributed by atoms with Gasteiger partial charge >= 0.3 is 0 Å². The highest BCUT2D eigenvalue weighted by Gasteiger charge is 2.19. The van der Waals surface area contributed by atoms with Crippen LogP contribution in [0.25, 0.3) is 0 Å². The summed E-state index contributed by atoms with van der Waals surface area (Å²) in [5.41, 5.74) is 1.03. The first kappa shape index (κ1) is 39.8. The quantitative estimate of drug-likeness (QED) is 0.0503. The molecule has 1 rings (SSSR count). The molecule has 0 spiro atoms. The summed E-state index contributed by atoms with van der Waals surface area (Å²) in [4.78, 5) is 24.7. The smallest absolute Gasteiger partial charge is 0.267 e. The van der Waals surface area contributed by atoms with Crippen molar-refractivity contribution in [2.75, 3.05) is 47.5 Å². The summed E-state index contributed by atoms with van der Waals surface area (Å²) in [6.45, 7) is 5.94. The second-order valence-corrected chi connectivity index (χ2v) is 14.7. The zero-order chi connectivity index (χ0) is 31.8. The Morgan fingerprint density at radius 1 is 0.767 bits per heavy atom. The predicted molar refractivity (Wildman–Crippen MR) is 176 cm³/mol. The summed E-state index contributed by atoms with van der Waals surface area (Å²) in [5.74, 6) is 0.723. The Bertz CT molecular complexity index is 870. The molecule has 0 radical (unpaired) electrons. The largest absolute Gasteiger partial charge is 0.756 e. The van der Waals surface area contributed by atoms with E-state index in [2.05, 4.69) is 28.1 Å². The molecule has 1 aromatic rings. The Morgan fingerprint density at radius 2 is 1.33 bits per heavy atom. The Labute approximate surface area is 264 Å². The molecule has 250 valence electrons. The van der Waals surface area contributed by atoms with E-state index in [1.807, 2.05) is 31.2 Å². The molecule has 0 aromatic heterocycles. The Hall–Kier alpha value is -1.24. The van der Waals surface area contributed by atoms with Crippen LogP contribution in [0.4, 0.5) is 0 Å². The van der Waals surface area contributed by atoms with Crippen LogP contribution in [-0.4, -0.2) is 57.8 Å². The van der Waals surface area contributed by atoms with Crippen molar-refractivity contribution in [3.8, 4) is 5.75 Å². The van der Waals surface area contributed by atoms with E-state index in [1.165, 1.54) is 70.6 Å². The van der Waals surface area contributed by atoms with E-state index in [-0.39, 0.29) is 31.3 Å². The van der Waals surface area contributed by atoms with E-state index in [0.29, 0.717) is 25.9 Å². The van der Waals surface area contributed by atoms with Crippen molar-refractivity contribution in [1.82, 2.24) is 0 Å². The van der Waals surface area contributed by atoms with Crippen LogP contribution in [0.5, 0.6) is 5.75 Å². The van der Waals surface area contributed by atoms with Gasteiger partial charge in [0.25, 0.3) is 7.82 Å². The van der Waals surface area contributed by atoms with Gasteiger partial charge in [-0.15, -0.1) is 0 Å². The Morgan fingerprint density at radius 3 is 1.88 bits per heavy atom. The number of hydrogen-bond donors (Lipinski definition) is 0. The summed E-state index contributed by atoms with van der Waals surface area (Å²) in [5, 5.41) is 0. The molecule has 43 heavy (non-hydrogen) atoms. The third-order valence-electron chi connectivity index (χ3n) is 7.70. The molecule has 0 aliphatic carbocycles. The fraction of sp³-hybridized carbons (Fsp3) is 0.800. The third-order valence-corrected chi connectivity index (χ3v) is 8.66. The number of nitrogens with zero attached hydrogens (tertiary/aromatic N) is 1. The Balaban J connectivity index is 2.36. The van der Waals surface area contributed by atoms with Crippen molar-refractivity contribution in [2.45, 2.75) is 129 Å². The molecule has 0 bridgehead atoms. The van der Waals surface area contributed by atoms with Gasteiger partial charge in [0.2, 0.25) is 0 Å². The van der Waals surface area contributed by atoms with Gasteiger partial charge in [-0.05, 0) is 55.7 Å². The number of carbonyl (C=O) groups excluding carboxylic acids is 1. The molecule has 2 unspecified atom stereocenters. The molecule has 0 N–H and O–H groups in total. The molecular formula is C35H64NO6P. The van der Waals surface area contributed by atoms with Gasteiger partial charge in [-0.3, -0.25) is 9.36 Å². The van der Waals surface area contributed by atoms with Crippen molar-refractivity contribution in [1.29, 1.82) is 0 Å². The highest BCUT2D eigenvalue weighted by atomic mass is 31.2. The lowest BCUT2D eigenvalue weighted by Crippen LogP contribution is -2.35. The highest BCUT2D eigenvalue weighted by Crippen LogP contribution is 2.39. The van der Waals surface area contributed by atoms with Crippen LogP contribution < -0.4 is 9.63 Å². The number of phosphoric acid groups is 1. The minimum Gasteiger partial charge on any atom is -0.756 e. The lowest BCUT2D eigenvalue weighted by Gasteiger charge is -2.26. The third kappa shape index (κ3) is 23.8. The highest BCUT2D eigenvalue weighted by molar-refractivity contribution is 7.45. The molecule has 0 amide bonds.